The predicted molar refractivity (Wildman–Crippen MR) is 106 cm³/mol. The van der Waals surface area contributed by atoms with Crippen molar-refractivity contribution >= 4 is 16.0 Å². The second-order valence-corrected chi connectivity index (χ2v) is 8.91. The van der Waals surface area contributed by atoms with Crippen LogP contribution in [0.4, 0.5) is 0 Å². The molecule has 0 unspecified atom stereocenters. The van der Waals surface area contributed by atoms with E-state index in [0.717, 1.165) is 12.0 Å². The largest absolute Gasteiger partial charge is 0.497 e. The summed E-state index contributed by atoms with van der Waals surface area (Å²) in [7, 11) is -2.43. The maximum atomic E-state index is 13.3. The number of carbonyl (C=O) groups is 1. The van der Waals surface area contributed by atoms with Crippen LogP contribution in [0.3, 0.4) is 0 Å². The minimum absolute atomic E-state index is 0.0833. The van der Waals surface area contributed by atoms with Crippen molar-refractivity contribution in [3.05, 3.63) is 60.2 Å². The van der Waals surface area contributed by atoms with Crippen molar-refractivity contribution in [3.63, 3.8) is 0 Å². The van der Waals surface area contributed by atoms with Crippen LogP contribution < -0.4 is 4.74 Å². The lowest BCUT2D eigenvalue weighted by Crippen LogP contribution is -2.49. The van der Waals surface area contributed by atoms with Crippen molar-refractivity contribution in [2.24, 2.45) is 5.92 Å². The van der Waals surface area contributed by atoms with E-state index in [9.17, 15) is 18.3 Å². The molecule has 1 aliphatic rings. The second-order valence-electron chi connectivity index (χ2n) is 7.02. The molecule has 1 aliphatic heterocycles. The maximum Gasteiger partial charge on any atom is 0.322 e. The van der Waals surface area contributed by atoms with Crippen molar-refractivity contribution in [2.45, 2.75) is 36.6 Å². The van der Waals surface area contributed by atoms with Crippen LogP contribution in [0.2, 0.25) is 0 Å². The average Bonchev–Trinajstić information content (AvgIpc) is 2.92. The van der Waals surface area contributed by atoms with Crippen molar-refractivity contribution in [1.82, 2.24) is 4.31 Å². The van der Waals surface area contributed by atoms with Crippen molar-refractivity contribution < 1.29 is 23.1 Å². The van der Waals surface area contributed by atoms with Gasteiger partial charge in [-0.2, -0.15) is 4.31 Å². The molecule has 0 saturated carbocycles. The Morgan fingerprint density at radius 2 is 1.79 bits per heavy atom. The topological polar surface area (TPSA) is 83.9 Å². The van der Waals surface area contributed by atoms with Crippen molar-refractivity contribution in [1.29, 1.82) is 0 Å². The summed E-state index contributed by atoms with van der Waals surface area (Å²) in [6.45, 7) is 0.205. The second kappa shape index (κ2) is 8.75. The highest BCUT2D eigenvalue weighted by Gasteiger charge is 2.42. The predicted octanol–water partition coefficient (Wildman–Crippen LogP) is 3.18. The molecule has 1 N–H and O–H groups in total. The molecule has 1 fully saturated rings. The van der Waals surface area contributed by atoms with E-state index in [4.69, 9.17) is 4.74 Å². The fraction of sp³-hybridized carbons (Fsp3) is 0.381. The first kappa shape index (κ1) is 20.4. The van der Waals surface area contributed by atoms with Gasteiger partial charge in [0.25, 0.3) is 0 Å². The molecule has 0 radical (unpaired) electrons. The molecule has 28 heavy (non-hydrogen) atoms. The minimum Gasteiger partial charge on any atom is -0.497 e. The normalized spacial score (nSPS) is 21.0. The summed E-state index contributed by atoms with van der Waals surface area (Å²) in [6, 6.07) is 14.6. The molecule has 2 aromatic rings. The summed E-state index contributed by atoms with van der Waals surface area (Å²) in [6.07, 6.45) is 2.66. The minimum atomic E-state index is -3.93. The highest BCUT2D eigenvalue weighted by Crippen LogP contribution is 2.31. The van der Waals surface area contributed by atoms with Crippen molar-refractivity contribution in [2.75, 3.05) is 13.7 Å². The number of carboxylic acid groups (broad SMARTS) is 1. The van der Waals surface area contributed by atoms with Crippen LogP contribution in [-0.4, -0.2) is 43.5 Å². The van der Waals surface area contributed by atoms with Crippen LogP contribution in [0.1, 0.15) is 24.8 Å². The van der Waals surface area contributed by atoms with E-state index in [1.54, 1.807) is 12.1 Å². The number of sulfonamides is 1. The van der Waals surface area contributed by atoms with E-state index in [1.807, 2.05) is 30.3 Å². The molecule has 6 nitrogen and oxygen atoms in total. The van der Waals surface area contributed by atoms with Gasteiger partial charge in [0.2, 0.25) is 10.0 Å². The zero-order valence-corrected chi connectivity index (χ0v) is 16.6. The molecule has 0 bridgehead atoms. The lowest BCUT2D eigenvalue weighted by atomic mass is 9.89. The molecule has 0 amide bonds. The van der Waals surface area contributed by atoms with Crippen LogP contribution in [0.15, 0.2) is 59.5 Å². The zero-order valence-electron chi connectivity index (χ0n) is 15.8. The number of hydrogen-bond acceptors (Lipinski definition) is 4. The molecule has 0 aromatic heterocycles. The van der Waals surface area contributed by atoms with Gasteiger partial charge in [0.1, 0.15) is 11.8 Å². The van der Waals surface area contributed by atoms with E-state index in [0.29, 0.717) is 25.0 Å². The zero-order chi connectivity index (χ0) is 20.1. The lowest BCUT2D eigenvalue weighted by molar-refractivity contribution is -0.143. The Hall–Kier alpha value is -2.38. The summed E-state index contributed by atoms with van der Waals surface area (Å²) < 4.78 is 32.8. The van der Waals surface area contributed by atoms with Crippen LogP contribution in [-0.2, 0) is 21.2 Å². The number of benzene rings is 2. The third kappa shape index (κ3) is 4.36. The first-order chi connectivity index (χ1) is 13.4. The summed E-state index contributed by atoms with van der Waals surface area (Å²) in [4.78, 5) is 12.3. The van der Waals surface area contributed by atoms with E-state index in [-0.39, 0.29) is 17.4 Å². The van der Waals surface area contributed by atoms with Gasteiger partial charge in [-0.1, -0.05) is 36.8 Å². The van der Waals surface area contributed by atoms with E-state index < -0.39 is 22.0 Å². The number of hydrogen-bond donors (Lipinski definition) is 1. The average molecular weight is 404 g/mol. The van der Waals surface area contributed by atoms with Gasteiger partial charge in [-0.25, -0.2) is 8.42 Å². The Balaban J connectivity index is 1.95. The molecule has 150 valence electrons. The van der Waals surface area contributed by atoms with Gasteiger partial charge in [-0.15, -0.1) is 0 Å². The number of carboxylic acids is 1. The number of aliphatic carboxylic acids is 1. The third-order valence-electron chi connectivity index (χ3n) is 5.22. The molecule has 2 atom stereocenters. The number of rotatable bonds is 6. The van der Waals surface area contributed by atoms with Gasteiger partial charge < -0.3 is 9.84 Å². The van der Waals surface area contributed by atoms with Crippen molar-refractivity contribution in [3.8, 4) is 5.75 Å². The SMILES string of the molecule is COc1ccc(S(=O)(=O)N2CCCC[C@H](Cc3ccccc3)[C@@H]2C(=O)O)cc1. The van der Waals surface area contributed by atoms with Crippen LogP contribution in [0, 0.1) is 5.92 Å². The van der Waals surface area contributed by atoms with E-state index >= 15 is 0 Å². The van der Waals surface area contributed by atoms with Gasteiger partial charge in [0.05, 0.1) is 12.0 Å². The fourth-order valence-corrected chi connectivity index (χ4v) is 5.50. The van der Waals surface area contributed by atoms with Gasteiger partial charge in [0.15, 0.2) is 0 Å². The molecule has 1 saturated heterocycles. The fourth-order valence-electron chi connectivity index (χ4n) is 3.81. The van der Waals surface area contributed by atoms with Gasteiger partial charge in [-0.3, -0.25) is 4.79 Å². The summed E-state index contributed by atoms with van der Waals surface area (Å²) in [5.41, 5.74) is 1.02. The van der Waals surface area contributed by atoms with Crippen LogP contribution in [0.25, 0.3) is 0 Å². The maximum absolute atomic E-state index is 13.3. The Morgan fingerprint density at radius 1 is 1.11 bits per heavy atom. The Labute approximate surface area is 165 Å². The quantitative estimate of drug-likeness (QED) is 0.801. The van der Waals surface area contributed by atoms with Gasteiger partial charge in [-0.05, 0) is 55.0 Å². The number of ether oxygens (including phenoxy) is 1. The van der Waals surface area contributed by atoms with E-state index in [1.165, 1.54) is 23.5 Å². The van der Waals surface area contributed by atoms with Gasteiger partial charge in [0, 0.05) is 6.54 Å². The first-order valence-electron chi connectivity index (χ1n) is 9.36. The highest BCUT2D eigenvalue weighted by molar-refractivity contribution is 7.89. The monoisotopic (exact) mass is 403 g/mol. The van der Waals surface area contributed by atoms with Crippen LogP contribution >= 0.6 is 0 Å². The molecule has 7 heteroatoms. The lowest BCUT2D eigenvalue weighted by Gasteiger charge is -2.31. The first-order valence-corrected chi connectivity index (χ1v) is 10.8. The molecule has 0 spiro atoms. The van der Waals surface area contributed by atoms with Crippen LogP contribution in [0.5, 0.6) is 5.75 Å². The number of nitrogens with zero attached hydrogens (tertiary/aromatic N) is 1. The van der Waals surface area contributed by atoms with Gasteiger partial charge >= 0.3 is 5.97 Å². The molecular formula is C21H25NO5S. The standard InChI is InChI=1S/C21H25NO5S/c1-27-18-10-12-19(13-11-18)28(25,26)22-14-6-5-9-17(20(22)21(23)24)15-16-7-3-2-4-8-16/h2-4,7-8,10-13,17,20H,5-6,9,14-15H2,1H3,(H,23,24)/t17-,20-/m1/s1. The Morgan fingerprint density at radius 3 is 2.39 bits per heavy atom. The molecule has 3 rings (SSSR count). The Bertz CT molecular complexity index is 896. The molecular weight excluding hydrogens is 378 g/mol. The summed E-state index contributed by atoms with van der Waals surface area (Å²) in [5.74, 6) is -0.832. The molecule has 2 aromatic carbocycles. The third-order valence-corrected chi connectivity index (χ3v) is 7.11. The smallest absolute Gasteiger partial charge is 0.322 e. The summed E-state index contributed by atoms with van der Waals surface area (Å²) >= 11 is 0. The van der Waals surface area contributed by atoms with E-state index in [2.05, 4.69) is 0 Å². The molecule has 1 heterocycles. The number of methoxy groups -OCH3 is 1. The molecule has 0 aliphatic carbocycles. The Kier molecular flexibility index (Phi) is 6.36. The summed E-state index contributed by atoms with van der Waals surface area (Å²) in [5, 5.41) is 9.95. The highest BCUT2D eigenvalue weighted by atomic mass is 32.2.